The van der Waals surface area contributed by atoms with Crippen molar-refractivity contribution in [1.82, 2.24) is 4.90 Å². The van der Waals surface area contributed by atoms with Gasteiger partial charge in [-0.15, -0.1) is 0 Å². The maximum absolute atomic E-state index is 6.03. The molecular weight excluding hydrogens is 236 g/mol. The topological polar surface area (TPSA) is 38.5 Å². The van der Waals surface area contributed by atoms with Crippen LogP contribution in [0.4, 0.5) is 0 Å². The molecule has 0 aliphatic carbocycles. The molecule has 0 heterocycles. The van der Waals surface area contributed by atoms with E-state index in [1.807, 2.05) is 0 Å². The fraction of sp³-hybridized carbons (Fsp3) is 0.625. The van der Waals surface area contributed by atoms with Crippen LogP contribution in [0.25, 0.3) is 0 Å². The molecule has 0 saturated heterocycles. The average Bonchev–Trinajstić information content (AvgIpc) is 2.33. The highest BCUT2D eigenvalue weighted by Crippen LogP contribution is 2.28. The molecule has 19 heavy (non-hydrogen) atoms. The number of hydrogen-bond donors (Lipinski definition) is 1. The van der Waals surface area contributed by atoms with Gasteiger partial charge in [-0.3, -0.25) is 4.90 Å². The highest BCUT2D eigenvalue weighted by Gasteiger charge is 2.23. The fourth-order valence-corrected chi connectivity index (χ4v) is 2.87. The van der Waals surface area contributed by atoms with Gasteiger partial charge in [-0.05, 0) is 51.4 Å². The molecule has 0 radical (unpaired) electrons. The molecule has 2 N–H and O–H groups in total. The maximum Gasteiger partial charge on any atom is 0.0615 e. The molecule has 1 aromatic rings. The van der Waals surface area contributed by atoms with E-state index in [0.29, 0.717) is 12.6 Å². The SMILES string of the molecule is COCC(C)N(C)C(CN)c1c(C)cc(C)cc1C. The zero-order chi connectivity index (χ0) is 14.6. The number of benzene rings is 1. The Hall–Kier alpha value is -0.900. The van der Waals surface area contributed by atoms with Crippen LogP contribution in [0.3, 0.4) is 0 Å². The molecule has 0 bridgehead atoms. The minimum atomic E-state index is 0.241. The van der Waals surface area contributed by atoms with Crippen molar-refractivity contribution >= 4 is 0 Å². The van der Waals surface area contributed by atoms with Gasteiger partial charge in [0, 0.05) is 25.7 Å². The Morgan fingerprint density at radius 3 is 2.16 bits per heavy atom. The van der Waals surface area contributed by atoms with Crippen LogP contribution in [-0.2, 0) is 4.74 Å². The Morgan fingerprint density at radius 2 is 1.74 bits per heavy atom. The second-order valence-corrected chi connectivity index (χ2v) is 5.53. The first-order chi connectivity index (χ1) is 8.92. The molecule has 3 nitrogen and oxygen atoms in total. The van der Waals surface area contributed by atoms with Crippen molar-refractivity contribution in [3.63, 3.8) is 0 Å². The van der Waals surface area contributed by atoms with Crippen LogP contribution in [0.5, 0.6) is 0 Å². The van der Waals surface area contributed by atoms with Gasteiger partial charge in [0.05, 0.1) is 6.61 Å². The van der Waals surface area contributed by atoms with Crippen LogP contribution >= 0.6 is 0 Å². The predicted octanol–water partition coefficient (Wildman–Crippen LogP) is 2.58. The van der Waals surface area contributed by atoms with Crippen molar-refractivity contribution < 1.29 is 4.74 Å². The largest absolute Gasteiger partial charge is 0.383 e. The van der Waals surface area contributed by atoms with Gasteiger partial charge in [0.1, 0.15) is 0 Å². The van der Waals surface area contributed by atoms with Crippen molar-refractivity contribution in [2.75, 3.05) is 27.3 Å². The molecule has 0 aliphatic rings. The highest BCUT2D eigenvalue weighted by molar-refractivity contribution is 5.40. The standard InChI is InChI=1S/C16H28N2O/c1-11-7-12(2)16(13(3)8-11)15(9-17)18(5)14(4)10-19-6/h7-8,14-15H,9-10,17H2,1-6H3. The van der Waals surface area contributed by atoms with E-state index in [-0.39, 0.29) is 6.04 Å². The first kappa shape index (κ1) is 16.2. The molecule has 1 aromatic carbocycles. The second-order valence-electron chi connectivity index (χ2n) is 5.53. The van der Waals surface area contributed by atoms with Gasteiger partial charge in [-0.2, -0.15) is 0 Å². The monoisotopic (exact) mass is 264 g/mol. The number of methoxy groups -OCH3 is 1. The summed E-state index contributed by atoms with van der Waals surface area (Å²) in [7, 11) is 3.87. The van der Waals surface area contributed by atoms with Crippen molar-refractivity contribution in [2.45, 2.75) is 39.8 Å². The summed E-state index contributed by atoms with van der Waals surface area (Å²) in [5.41, 5.74) is 11.3. The van der Waals surface area contributed by atoms with Crippen LogP contribution in [0.15, 0.2) is 12.1 Å². The van der Waals surface area contributed by atoms with E-state index in [0.717, 1.165) is 6.61 Å². The van der Waals surface area contributed by atoms with E-state index in [9.17, 15) is 0 Å². The molecule has 0 aromatic heterocycles. The lowest BCUT2D eigenvalue weighted by atomic mass is 9.92. The fourth-order valence-electron chi connectivity index (χ4n) is 2.87. The number of ether oxygens (including phenoxy) is 1. The number of nitrogens with two attached hydrogens (primary N) is 1. The third-order valence-corrected chi connectivity index (χ3v) is 3.89. The van der Waals surface area contributed by atoms with E-state index >= 15 is 0 Å². The van der Waals surface area contributed by atoms with Gasteiger partial charge in [0.25, 0.3) is 0 Å². The van der Waals surface area contributed by atoms with Gasteiger partial charge >= 0.3 is 0 Å². The zero-order valence-corrected chi connectivity index (χ0v) is 13.2. The van der Waals surface area contributed by atoms with Crippen molar-refractivity contribution in [2.24, 2.45) is 5.73 Å². The molecule has 1 rings (SSSR count). The van der Waals surface area contributed by atoms with E-state index < -0.39 is 0 Å². The van der Waals surface area contributed by atoms with Gasteiger partial charge < -0.3 is 10.5 Å². The van der Waals surface area contributed by atoms with Gasteiger partial charge in [-0.25, -0.2) is 0 Å². The summed E-state index contributed by atoms with van der Waals surface area (Å²) in [6.45, 7) is 10.00. The Kier molecular flexibility index (Phi) is 5.98. The summed E-state index contributed by atoms with van der Waals surface area (Å²) in [6.07, 6.45) is 0. The molecule has 0 spiro atoms. The van der Waals surface area contributed by atoms with Gasteiger partial charge in [-0.1, -0.05) is 17.7 Å². The third-order valence-electron chi connectivity index (χ3n) is 3.89. The molecule has 2 atom stereocenters. The maximum atomic E-state index is 6.03. The summed E-state index contributed by atoms with van der Waals surface area (Å²) < 4.78 is 5.25. The van der Waals surface area contributed by atoms with Crippen LogP contribution in [0, 0.1) is 20.8 Å². The van der Waals surface area contributed by atoms with Crippen molar-refractivity contribution in [3.05, 3.63) is 34.4 Å². The first-order valence-electron chi connectivity index (χ1n) is 6.91. The Labute approximate surface area is 117 Å². The quantitative estimate of drug-likeness (QED) is 0.858. The van der Waals surface area contributed by atoms with Crippen LogP contribution < -0.4 is 5.73 Å². The Bertz CT molecular complexity index is 394. The number of aryl methyl sites for hydroxylation is 3. The molecule has 0 aliphatic heterocycles. The van der Waals surface area contributed by atoms with Crippen molar-refractivity contribution in [1.29, 1.82) is 0 Å². The lowest BCUT2D eigenvalue weighted by Gasteiger charge is -2.34. The molecule has 0 amide bonds. The number of rotatable bonds is 6. The number of nitrogens with zero attached hydrogens (tertiary/aromatic N) is 1. The Morgan fingerprint density at radius 1 is 1.21 bits per heavy atom. The molecule has 0 saturated carbocycles. The minimum Gasteiger partial charge on any atom is -0.383 e. The first-order valence-corrected chi connectivity index (χ1v) is 6.91. The summed E-state index contributed by atoms with van der Waals surface area (Å²) in [6, 6.07) is 5.06. The smallest absolute Gasteiger partial charge is 0.0615 e. The predicted molar refractivity (Wildman–Crippen MR) is 81.5 cm³/mol. The average molecular weight is 264 g/mol. The third kappa shape index (κ3) is 3.78. The molecule has 0 fully saturated rings. The summed E-state index contributed by atoms with van der Waals surface area (Å²) in [5, 5.41) is 0. The molecule has 3 heteroatoms. The molecular formula is C16H28N2O. The number of hydrogen-bond acceptors (Lipinski definition) is 3. The van der Waals surface area contributed by atoms with E-state index in [1.54, 1.807) is 7.11 Å². The lowest BCUT2D eigenvalue weighted by Crippen LogP contribution is -2.40. The zero-order valence-electron chi connectivity index (χ0n) is 13.2. The normalized spacial score (nSPS) is 14.7. The summed E-state index contributed by atoms with van der Waals surface area (Å²) in [4.78, 5) is 2.31. The van der Waals surface area contributed by atoms with Gasteiger partial charge in [0.15, 0.2) is 0 Å². The van der Waals surface area contributed by atoms with Crippen molar-refractivity contribution in [3.8, 4) is 0 Å². The molecule has 2 unspecified atom stereocenters. The van der Waals surface area contributed by atoms with Crippen LogP contribution in [-0.4, -0.2) is 38.3 Å². The van der Waals surface area contributed by atoms with Crippen LogP contribution in [0.2, 0.25) is 0 Å². The van der Waals surface area contributed by atoms with Crippen LogP contribution in [0.1, 0.15) is 35.2 Å². The van der Waals surface area contributed by atoms with E-state index in [1.165, 1.54) is 22.3 Å². The minimum absolute atomic E-state index is 0.241. The molecule has 108 valence electrons. The number of likely N-dealkylation sites (N-methyl/N-ethyl adjacent to an activating group) is 1. The summed E-state index contributed by atoms with van der Waals surface area (Å²) >= 11 is 0. The Balaban J connectivity index is 3.10. The van der Waals surface area contributed by atoms with Gasteiger partial charge in [0.2, 0.25) is 0 Å². The summed E-state index contributed by atoms with van der Waals surface area (Å²) in [5.74, 6) is 0. The van der Waals surface area contributed by atoms with E-state index in [2.05, 4.69) is 51.8 Å². The lowest BCUT2D eigenvalue weighted by molar-refractivity contribution is 0.0907. The highest BCUT2D eigenvalue weighted by atomic mass is 16.5. The van der Waals surface area contributed by atoms with E-state index in [4.69, 9.17) is 10.5 Å². The second kappa shape index (κ2) is 7.04.